The molecule has 2 atom stereocenters. The standard InChI is InChI=1S/C26H31N9O3/c1-16(2)26(3,19-5-6-21(28-12-19)17-9-29-25(27)30-10-17)24-32-23(38-33-24)18-11-31-35(13-18)15-22(36)34-8-7-20(14-34)37-4/h5-6,9-13,16,20H,7-8,14-15H2,1-4H3,(H2,27,29,30). The maximum absolute atomic E-state index is 12.7. The van der Waals surface area contributed by atoms with Gasteiger partial charge in [0.2, 0.25) is 11.9 Å². The lowest BCUT2D eigenvalue weighted by atomic mass is 9.73. The second-order valence-corrected chi connectivity index (χ2v) is 9.95. The van der Waals surface area contributed by atoms with Gasteiger partial charge in [-0.25, -0.2) is 9.97 Å². The zero-order chi connectivity index (χ0) is 26.9. The Morgan fingerprint density at radius 3 is 2.63 bits per heavy atom. The minimum atomic E-state index is -0.565. The lowest BCUT2D eigenvalue weighted by Gasteiger charge is -2.30. The van der Waals surface area contributed by atoms with E-state index >= 15 is 0 Å². The molecule has 0 aromatic carbocycles. The molecule has 4 aromatic heterocycles. The summed E-state index contributed by atoms with van der Waals surface area (Å²) in [4.78, 5) is 31.9. The third-order valence-corrected chi connectivity index (χ3v) is 7.38. The molecule has 1 saturated heterocycles. The third kappa shape index (κ3) is 4.86. The number of rotatable bonds is 8. The first-order valence-corrected chi connectivity index (χ1v) is 12.5. The van der Waals surface area contributed by atoms with Gasteiger partial charge in [0, 0.05) is 50.6 Å². The fraction of sp³-hybridized carbons (Fsp3) is 0.423. The molecule has 5 rings (SSSR count). The molecule has 198 valence electrons. The number of ether oxygens (including phenoxy) is 1. The Morgan fingerprint density at radius 2 is 1.97 bits per heavy atom. The number of nitrogen functional groups attached to an aromatic ring is 1. The predicted molar refractivity (Wildman–Crippen MR) is 138 cm³/mol. The summed E-state index contributed by atoms with van der Waals surface area (Å²) in [6.07, 6.45) is 9.43. The highest BCUT2D eigenvalue weighted by atomic mass is 16.5. The molecule has 1 amide bonds. The number of hydrogen-bond donors (Lipinski definition) is 1. The fourth-order valence-electron chi connectivity index (χ4n) is 4.56. The van der Waals surface area contributed by atoms with Crippen molar-refractivity contribution in [1.82, 2.24) is 39.8 Å². The van der Waals surface area contributed by atoms with Gasteiger partial charge in [0.25, 0.3) is 5.89 Å². The number of hydrogen-bond acceptors (Lipinski definition) is 10. The van der Waals surface area contributed by atoms with Crippen molar-refractivity contribution in [2.75, 3.05) is 25.9 Å². The second kappa shape index (κ2) is 10.3. The molecule has 0 aliphatic carbocycles. The first-order chi connectivity index (χ1) is 18.3. The number of carbonyl (C=O) groups excluding carboxylic acids is 1. The number of carbonyl (C=O) groups is 1. The average Bonchev–Trinajstić information content (AvgIpc) is 3.69. The Kier molecular flexibility index (Phi) is 6.89. The summed E-state index contributed by atoms with van der Waals surface area (Å²) in [5.74, 6) is 1.24. The lowest BCUT2D eigenvalue weighted by Crippen LogP contribution is -2.33. The van der Waals surface area contributed by atoms with E-state index in [9.17, 15) is 4.79 Å². The molecule has 12 heteroatoms. The van der Waals surface area contributed by atoms with Gasteiger partial charge in [0.1, 0.15) is 6.54 Å². The van der Waals surface area contributed by atoms with Crippen molar-refractivity contribution in [3.63, 3.8) is 0 Å². The molecule has 0 saturated carbocycles. The van der Waals surface area contributed by atoms with E-state index in [4.69, 9.17) is 20.0 Å². The summed E-state index contributed by atoms with van der Waals surface area (Å²) in [7, 11) is 1.67. The van der Waals surface area contributed by atoms with Crippen LogP contribution in [0.4, 0.5) is 5.95 Å². The van der Waals surface area contributed by atoms with Crippen LogP contribution in [-0.4, -0.2) is 72.0 Å². The number of likely N-dealkylation sites (tertiary alicyclic amines) is 1. The molecule has 0 bridgehead atoms. The van der Waals surface area contributed by atoms with Crippen molar-refractivity contribution < 1.29 is 14.1 Å². The first kappa shape index (κ1) is 25.5. The van der Waals surface area contributed by atoms with E-state index < -0.39 is 5.41 Å². The molecule has 2 unspecified atom stereocenters. The Morgan fingerprint density at radius 1 is 1.18 bits per heavy atom. The quantitative estimate of drug-likeness (QED) is 0.369. The number of anilines is 1. The molecule has 4 aromatic rings. The summed E-state index contributed by atoms with van der Waals surface area (Å²) >= 11 is 0. The van der Waals surface area contributed by atoms with Crippen molar-refractivity contribution >= 4 is 11.9 Å². The molecular weight excluding hydrogens is 486 g/mol. The van der Waals surface area contributed by atoms with Gasteiger partial charge in [-0.2, -0.15) is 10.1 Å². The highest BCUT2D eigenvalue weighted by molar-refractivity contribution is 5.76. The largest absolute Gasteiger partial charge is 0.380 e. The maximum Gasteiger partial charge on any atom is 0.261 e. The highest BCUT2D eigenvalue weighted by Gasteiger charge is 2.38. The highest BCUT2D eigenvalue weighted by Crippen LogP contribution is 2.38. The Balaban J connectivity index is 1.34. The van der Waals surface area contributed by atoms with Crippen LogP contribution in [0.5, 0.6) is 0 Å². The van der Waals surface area contributed by atoms with Gasteiger partial charge in [-0.15, -0.1) is 0 Å². The molecule has 38 heavy (non-hydrogen) atoms. The first-order valence-electron chi connectivity index (χ1n) is 12.5. The molecule has 12 nitrogen and oxygen atoms in total. The average molecular weight is 518 g/mol. The molecular formula is C26H31N9O3. The molecule has 0 radical (unpaired) electrons. The van der Waals surface area contributed by atoms with Gasteiger partial charge in [-0.1, -0.05) is 25.1 Å². The van der Waals surface area contributed by atoms with Crippen molar-refractivity contribution in [1.29, 1.82) is 0 Å². The van der Waals surface area contributed by atoms with Crippen molar-refractivity contribution in [3.05, 3.63) is 54.5 Å². The predicted octanol–water partition coefficient (Wildman–Crippen LogP) is 2.58. The smallest absolute Gasteiger partial charge is 0.261 e. The number of nitrogens with two attached hydrogens (primary N) is 1. The van der Waals surface area contributed by atoms with Crippen LogP contribution in [0.2, 0.25) is 0 Å². The molecule has 1 aliphatic rings. The van der Waals surface area contributed by atoms with Crippen LogP contribution < -0.4 is 5.73 Å². The zero-order valence-corrected chi connectivity index (χ0v) is 21.9. The molecule has 2 N–H and O–H groups in total. The zero-order valence-electron chi connectivity index (χ0n) is 21.9. The van der Waals surface area contributed by atoms with E-state index in [0.717, 1.165) is 23.2 Å². The number of nitrogens with zero attached hydrogens (tertiary/aromatic N) is 8. The second-order valence-electron chi connectivity index (χ2n) is 9.95. The Bertz CT molecular complexity index is 1400. The molecule has 5 heterocycles. The van der Waals surface area contributed by atoms with Gasteiger partial charge in [0.05, 0.1) is 29.0 Å². The Hall–Kier alpha value is -4.19. The SMILES string of the molecule is COC1CCN(C(=O)Cn2cc(-c3nc(C(C)(c4ccc(-c5cnc(N)nc5)nc4)C(C)C)no3)cn2)C1. The van der Waals surface area contributed by atoms with Crippen LogP contribution in [0.25, 0.3) is 22.7 Å². The number of amides is 1. The third-order valence-electron chi connectivity index (χ3n) is 7.38. The van der Waals surface area contributed by atoms with E-state index in [-0.39, 0.29) is 30.4 Å². The fourth-order valence-corrected chi connectivity index (χ4v) is 4.56. The Labute approximate surface area is 220 Å². The van der Waals surface area contributed by atoms with Gasteiger partial charge in [0.15, 0.2) is 5.82 Å². The normalized spacial score (nSPS) is 17.2. The van der Waals surface area contributed by atoms with E-state index in [1.54, 1.807) is 41.5 Å². The summed E-state index contributed by atoms with van der Waals surface area (Å²) in [5, 5.41) is 8.66. The van der Waals surface area contributed by atoms with E-state index in [0.29, 0.717) is 30.4 Å². The molecule has 0 spiro atoms. The molecule has 1 aliphatic heterocycles. The van der Waals surface area contributed by atoms with Crippen LogP contribution in [0.3, 0.4) is 0 Å². The summed E-state index contributed by atoms with van der Waals surface area (Å²) in [6, 6.07) is 3.92. The number of methoxy groups -OCH3 is 1. The topological polar surface area (TPSA) is 151 Å². The summed E-state index contributed by atoms with van der Waals surface area (Å²) < 4.78 is 12.6. The van der Waals surface area contributed by atoms with Crippen LogP contribution in [0, 0.1) is 5.92 Å². The van der Waals surface area contributed by atoms with Crippen molar-refractivity contribution in [3.8, 4) is 22.7 Å². The van der Waals surface area contributed by atoms with Crippen LogP contribution >= 0.6 is 0 Å². The summed E-state index contributed by atoms with van der Waals surface area (Å²) in [6.45, 7) is 7.71. The van der Waals surface area contributed by atoms with Gasteiger partial charge in [-0.3, -0.25) is 14.5 Å². The van der Waals surface area contributed by atoms with Crippen LogP contribution in [-0.2, 0) is 21.5 Å². The number of aromatic nitrogens is 7. The van der Waals surface area contributed by atoms with Gasteiger partial charge in [-0.05, 0) is 30.9 Å². The van der Waals surface area contributed by atoms with Crippen LogP contribution in [0.1, 0.15) is 38.6 Å². The summed E-state index contributed by atoms with van der Waals surface area (Å²) in [5.41, 5.74) is 8.14. The van der Waals surface area contributed by atoms with Gasteiger partial charge >= 0.3 is 0 Å². The van der Waals surface area contributed by atoms with Crippen molar-refractivity contribution in [2.24, 2.45) is 5.92 Å². The number of pyridine rings is 1. The van der Waals surface area contributed by atoms with Crippen molar-refractivity contribution in [2.45, 2.75) is 45.3 Å². The van der Waals surface area contributed by atoms with Crippen LogP contribution in [0.15, 0.2) is 47.6 Å². The molecule has 1 fully saturated rings. The lowest BCUT2D eigenvalue weighted by molar-refractivity contribution is -0.131. The minimum absolute atomic E-state index is 0.000666. The minimum Gasteiger partial charge on any atom is -0.380 e. The van der Waals surface area contributed by atoms with Gasteiger partial charge < -0.3 is 19.9 Å². The van der Waals surface area contributed by atoms with E-state index in [1.165, 1.54) is 0 Å². The van der Waals surface area contributed by atoms with E-state index in [2.05, 4.69) is 46.0 Å². The monoisotopic (exact) mass is 517 g/mol. The van der Waals surface area contributed by atoms with E-state index in [1.807, 2.05) is 18.3 Å². The maximum atomic E-state index is 12.7.